The molecule has 3 aromatic rings. The second kappa shape index (κ2) is 11.5. The molecule has 1 heterocycles. The zero-order valence-corrected chi connectivity index (χ0v) is 21.5. The van der Waals surface area contributed by atoms with E-state index in [9.17, 15) is 27.6 Å². The first kappa shape index (κ1) is 27.6. The minimum absolute atomic E-state index is 0.0627. The summed E-state index contributed by atoms with van der Waals surface area (Å²) < 4.78 is 44.4. The topological polar surface area (TPSA) is 75.7 Å². The molecule has 0 bridgehead atoms. The molecule has 196 valence electrons. The summed E-state index contributed by atoms with van der Waals surface area (Å²) >= 11 is 12.8. The molecule has 1 fully saturated rings. The predicted octanol–water partition coefficient (Wildman–Crippen LogP) is 7.27. The van der Waals surface area contributed by atoms with E-state index in [4.69, 9.17) is 27.9 Å². The molecule has 0 spiro atoms. The molecule has 4 rings (SSSR count). The lowest BCUT2D eigenvalue weighted by atomic mass is 10.2. The predicted molar refractivity (Wildman–Crippen MR) is 140 cm³/mol. The van der Waals surface area contributed by atoms with Gasteiger partial charge in [-0.15, -0.1) is 0 Å². The third-order valence-electron chi connectivity index (χ3n) is 5.21. The van der Waals surface area contributed by atoms with Crippen molar-refractivity contribution in [3.63, 3.8) is 0 Å². The van der Waals surface area contributed by atoms with Gasteiger partial charge < -0.3 is 10.1 Å². The Hall–Kier alpha value is -3.47. The summed E-state index contributed by atoms with van der Waals surface area (Å²) in [5.41, 5.74) is 0.359. The number of thioether (sulfide) groups is 1. The van der Waals surface area contributed by atoms with Crippen LogP contribution in [0, 0.1) is 0 Å². The van der Waals surface area contributed by atoms with Gasteiger partial charge in [0.2, 0.25) is 5.91 Å². The highest BCUT2D eigenvalue weighted by molar-refractivity contribution is 8.18. The van der Waals surface area contributed by atoms with E-state index in [1.54, 1.807) is 30.3 Å². The Kier molecular flexibility index (Phi) is 8.35. The largest absolute Gasteiger partial charge is 0.487 e. The number of carbonyl (C=O) groups is 3. The number of carbonyl (C=O) groups excluding carboxylic acids is 3. The fraction of sp³-hybridized carbons (Fsp3) is 0.115. The monoisotopic (exact) mass is 580 g/mol. The van der Waals surface area contributed by atoms with Crippen molar-refractivity contribution in [3.8, 4) is 5.75 Å². The molecule has 0 radical (unpaired) electrons. The molecule has 3 aromatic carbocycles. The van der Waals surface area contributed by atoms with E-state index in [1.165, 1.54) is 12.1 Å². The molecular weight excluding hydrogens is 564 g/mol. The number of ether oxygens (including phenoxy) is 1. The number of nitrogens with zero attached hydrogens (tertiary/aromatic N) is 1. The molecule has 0 saturated carbocycles. The fourth-order valence-electron chi connectivity index (χ4n) is 3.37. The number of amides is 3. The maximum Gasteiger partial charge on any atom is 0.416 e. The van der Waals surface area contributed by atoms with E-state index in [0.717, 1.165) is 23.8 Å². The first-order valence-electron chi connectivity index (χ1n) is 10.9. The van der Waals surface area contributed by atoms with Crippen LogP contribution in [0.1, 0.15) is 16.7 Å². The van der Waals surface area contributed by atoms with Crippen LogP contribution >= 0.6 is 35.0 Å². The number of benzene rings is 3. The molecular formula is C26H17Cl2F3N2O4S. The summed E-state index contributed by atoms with van der Waals surface area (Å²) in [6.07, 6.45) is -3.13. The molecule has 1 saturated heterocycles. The zero-order valence-electron chi connectivity index (χ0n) is 19.2. The van der Waals surface area contributed by atoms with E-state index >= 15 is 0 Å². The van der Waals surface area contributed by atoms with Crippen LogP contribution in [0.3, 0.4) is 0 Å². The summed E-state index contributed by atoms with van der Waals surface area (Å²) in [5.74, 6) is -1.12. The van der Waals surface area contributed by atoms with E-state index in [1.807, 2.05) is 12.1 Å². The Balaban J connectivity index is 1.39. The van der Waals surface area contributed by atoms with Gasteiger partial charge in [0.1, 0.15) is 18.9 Å². The lowest BCUT2D eigenvalue weighted by Crippen LogP contribution is -2.36. The third-order valence-corrected chi connectivity index (χ3v) is 6.66. The third kappa shape index (κ3) is 6.89. The Morgan fingerprint density at radius 2 is 1.76 bits per heavy atom. The van der Waals surface area contributed by atoms with Crippen LogP contribution in [0.5, 0.6) is 5.75 Å². The molecule has 0 unspecified atom stereocenters. The average Bonchev–Trinajstić information content (AvgIpc) is 3.11. The Morgan fingerprint density at radius 1 is 1.03 bits per heavy atom. The highest BCUT2D eigenvalue weighted by Gasteiger charge is 2.36. The van der Waals surface area contributed by atoms with Crippen molar-refractivity contribution >= 4 is 63.8 Å². The summed E-state index contributed by atoms with van der Waals surface area (Å²) in [6, 6.07) is 16.0. The SMILES string of the molecule is O=C(CN1C(=O)S/C(=C\c2ccc(OCc3ccc(Cl)cc3)c(Cl)c2)C1=O)Nc1cccc(C(F)(F)F)c1. The second-order valence-electron chi connectivity index (χ2n) is 8.00. The van der Waals surface area contributed by atoms with Crippen molar-refractivity contribution < 1.29 is 32.3 Å². The molecule has 12 heteroatoms. The molecule has 0 aromatic heterocycles. The number of alkyl halides is 3. The van der Waals surface area contributed by atoms with Gasteiger partial charge in [0.15, 0.2) is 0 Å². The fourth-order valence-corrected chi connectivity index (χ4v) is 4.58. The molecule has 1 aliphatic heterocycles. The minimum Gasteiger partial charge on any atom is -0.487 e. The molecule has 1 aliphatic rings. The zero-order chi connectivity index (χ0) is 27.4. The average molecular weight is 581 g/mol. The van der Waals surface area contributed by atoms with Crippen LogP contribution in [0.15, 0.2) is 71.6 Å². The number of nitrogens with one attached hydrogen (secondary N) is 1. The van der Waals surface area contributed by atoms with Crippen molar-refractivity contribution in [1.29, 1.82) is 0 Å². The lowest BCUT2D eigenvalue weighted by Gasteiger charge is -2.13. The highest BCUT2D eigenvalue weighted by atomic mass is 35.5. The number of halogens is 5. The van der Waals surface area contributed by atoms with Gasteiger partial charge in [-0.25, -0.2) is 0 Å². The number of hydrogen-bond donors (Lipinski definition) is 1. The molecule has 0 atom stereocenters. The van der Waals surface area contributed by atoms with Crippen molar-refractivity contribution in [2.24, 2.45) is 0 Å². The summed E-state index contributed by atoms with van der Waals surface area (Å²) in [6.45, 7) is -0.395. The molecule has 0 aliphatic carbocycles. The normalized spacial score (nSPS) is 14.8. The Labute approximate surface area is 229 Å². The van der Waals surface area contributed by atoms with Gasteiger partial charge >= 0.3 is 6.18 Å². The maximum atomic E-state index is 12.9. The van der Waals surface area contributed by atoms with Crippen LogP contribution < -0.4 is 10.1 Å². The van der Waals surface area contributed by atoms with Gasteiger partial charge in [0.25, 0.3) is 11.1 Å². The molecule has 3 amide bonds. The van der Waals surface area contributed by atoms with Crippen LogP contribution in [-0.2, 0) is 22.4 Å². The lowest BCUT2D eigenvalue weighted by molar-refractivity contribution is -0.137. The number of anilines is 1. The van der Waals surface area contributed by atoms with E-state index < -0.39 is 35.3 Å². The minimum atomic E-state index is -4.58. The Bertz CT molecular complexity index is 1430. The highest BCUT2D eigenvalue weighted by Crippen LogP contribution is 2.34. The van der Waals surface area contributed by atoms with Crippen molar-refractivity contribution in [2.75, 3.05) is 11.9 Å². The summed E-state index contributed by atoms with van der Waals surface area (Å²) in [4.78, 5) is 38.2. The van der Waals surface area contributed by atoms with E-state index in [-0.39, 0.29) is 22.2 Å². The van der Waals surface area contributed by atoms with E-state index in [2.05, 4.69) is 5.32 Å². The van der Waals surface area contributed by atoms with Crippen molar-refractivity contribution in [3.05, 3.63) is 98.4 Å². The van der Waals surface area contributed by atoms with Crippen LogP contribution in [0.25, 0.3) is 6.08 Å². The standard InChI is InChI=1S/C26H17Cl2F3N2O4S/c27-18-7-4-15(5-8-18)14-37-21-9-6-16(10-20(21)28)11-22-24(35)33(25(36)38-22)13-23(34)32-19-3-1-2-17(12-19)26(29,30)31/h1-12H,13-14H2,(H,32,34)/b22-11-. The molecule has 1 N–H and O–H groups in total. The first-order valence-corrected chi connectivity index (χ1v) is 12.5. The van der Waals surface area contributed by atoms with Gasteiger partial charge in [-0.2, -0.15) is 13.2 Å². The second-order valence-corrected chi connectivity index (χ2v) is 9.84. The van der Waals surface area contributed by atoms with Crippen molar-refractivity contribution in [1.82, 2.24) is 4.90 Å². The number of rotatable bonds is 7. The van der Waals surface area contributed by atoms with Gasteiger partial charge in [0, 0.05) is 10.7 Å². The van der Waals surface area contributed by atoms with Crippen molar-refractivity contribution in [2.45, 2.75) is 12.8 Å². The Morgan fingerprint density at radius 3 is 2.45 bits per heavy atom. The smallest absolute Gasteiger partial charge is 0.416 e. The van der Waals surface area contributed by atoms with Crippen LogP contribution in [0.2, 0.25) is 10.0 Å². The number of hydrogen-bond acceptors (Lipinski definition) is 5. The van der Waals surface area contributed by atoms with Crippen LogP contribution in [0.4, 0.5) is 23.7 Å². The summed E-state index contributed by atoms with van der Waals surface area (Å²) in [7, 11) is 0. The quantitative estimate of drug-likeness (QED) is 0.297. The van der Waals surface area contributed by atoms with Gasteiger partial charge in [-0.3, -0.25) is 19.3 Å². The van der Waals surface area contributed by atoms with E-state index in [0.29, 0.717) is 33.0 Å². The van der Waals surface area contributed by atoms with Crippen LogP contribution in [-0.4, -0.2) is 28.5 Å². The molecule has 38 heavy (non-hydrogen) atoms. The van der Waals surface area contributed by atoms with Gasteiger partial charge in [-0.05, 0) is 71.4 Å². The van der Waals surface area contributed by atoms with Gasteiger partial charge in [0.05, 0.1) is 15.5 Å². The maximum absolute atomic E-state index is 12.9. The summed E-state index contributed by atoms with van der Waals surface area (Å²) in [5, 5.41) is 2.48. The molecule has 6 nitrogen and oxygen atoms in total. The van der Waals surface area contributed by atoms with Gasteiger partial charge in [-0.1, -0.05) is 47.5 Å². The number of imide groups is 1. The first-order chi connectivity index (χ1) is 18.0.